The number of phenols is 1. The highest BCUT2D eigenvalue weighted by atomic mass is 16.5. The Morgan fingerprint density at radius 2 is 0.673 bits per heavy atom. The minimum absolute atomic E-state index is 0.100. The van der Waals surface area contributed by atoms with E-state index in [2.05, 4.69) is 27.7 Å². The van der Waals surface area contributed by atoms with Gasteiger partial charge < -0.3 is 34.3 Å². The van der Waals surface area contributed by atoms with Crippen molar-refractivity contribution in [1.29, 1.82) is 0 Å². The van der Waals surface area contributed by atoms with E-state index in [0.717, 1.165) is 22.3 Å². The smallest absolute Gasteiger partial charge is 0.122 e. The summed E-state index contributed by atoms with van der Waals surface area (Å²) in [7, 11) is 0. The average molecular weight is 663 g/mol. The number of aromatic hydroxyl groups is 1. The summed E-state index contributed by atoms with van der Waals surface area (Å²) in [6.07, 6.45) is -1.55. The minimum atomic E-state index is -0.803. The molecule has 0 saturated carbocycles. The van der Waals surface area contributed by atoms with Crippen LogP contribution in [-0.4, -0.2) is 54.0 Å². The molecule has 0 aliphatic heterocycles. The second-order valence-corrected chi connectivity index (χ2v) is 13.2. The molecule has 0 spiro atoms. The van der Waals surface area contributed by atoms with Crippen molar-refractivity contribution >= 4 is 0 Å². The highest BCUT2D eigenvalue weighted by Crippen LogP contribution is 2.34. The summed E-state index contributed by atoms with van der Waals surface area (Å²) in [6.45, 7) is 9.08. The van der Waals surface area contributed by atoms with Gasteiger partial charge in [-0.05, 0) is 82.9 Å². The van der Waals surface area contributed by atoms with Gasteiger partial charge in [-0.3, -0.25) is 0 Å². The summed E-state index contributed by atoms with van der Waals surface area (Å²) in [5.74, 6) is 2.97. The fourth-order valence-corrected chi connectivity index (χ4v) is 5.50. The fourth-order valence-electron chi connectivity index (χ4n) is 5.50. The number of para-hydroxylation sites is 1. The van der Waals surface area contributed by atoms with E-state index in [9.17, 15) is 15.3 Å². The molecule has 49 heavy (non-hydrogen) atoms. The summed E-state index contributed by atoms with van der Waals surface area (Å²) in [4.78, 5) is 0. The number of hydrogen-bond acceptors (Lipinski definition) is 7. The number of ether oxygens (including phenoxy) is 4. The number of hydrogen-bond donors (Lipinski definition) is 3. The molecule has 0 aromatic heterocycles. The third-order valence-electron chi connectivity index (χ3n) is 8.83. The van der Waals surface area contributed by atoms with Crippen molar-refractivity contribution in [2.45, 2.75) is 50.7 Å². The van der Waals surface area contributed by atoms with Crippen LogP contribution in [0.3, 0.4) is 0 Å². The lowest BCUT2D eigenvalue weighted by atomic mass is 9.78. The summed E-state index contributed by atoms with van der Waals surface area (Å²) in [6, 6.07) is 40.3. The Morgan fingerprint density at radius 3 is 0.980 bits per heavy atom. The number of aliphatic hydroxyl groups excluding tert-OH is 2. The standard InChI is InChI=1S/C42H46O7/c1-41(2,30-10-18-34(43)19-11-30)31-12-20-38(21-13-31)48-28-36(45)29-49-40-24-16-33(17-25-40)42(3,4)32-14-22-39(23-15-32)47-27-35(44)26-46-37-8-6-5-7-9-37/h5-25,35-36,43-45H,26-29H2,1-4H3. The monoisotopic (exact) mass is 662 g/mol. The van der Waals surface area contributed by atoms with Gasteiger partial charge in [-0.15, -0.1) is 0 Å². The first-order valence-electron chi connectivity index (χ1n) is 16.5. The molecule has 2 atom stereocenters. The molecule has 5 aromatic carbocycles. The molecular formula is C42H46O7. The second-order valence-electron chi connectivity index (χ2n) is 13.2. The van der Waals surface area contributed by atoms with Crippen LogP contribution in [0.1, 0.15) is 49.9 Å². The molecule has 7 heteroatoms. The maximum Gasteiger partial charge on any atom is 0.122 e. The molecule has 5 aromatic rings. The van der Waals surface area contributed by atoms with Gasteiger partial charge >= 0.3 is 0 Å². The van der Waals surface area contributed by atoms with Gasteiger partial charge in [0.1, 0.15) is 67.4 Å². The lowest BCUT2D eigenvalue weighted by molar-refractivity contribution is 0.0626. The van der Waals surface area contributed by atoms with Gasteiger partial charge in [-0.25, -0.2) is 0 Å². The normalized spacial score (nSPS) is 12.9. The van der Waals surface area contributed by atoms with Crippen molar-refractivity contribution in [3.05, 3.63) is 150 Å². The van der Waals surface area contributed by atoms with E-state index in [4.69, 9.17) is 18.9 Å². The van der Waals surface area contributed by atoms with Gasteiger partial charge in [0.2, 0.25) is 0 Å². The maximum absolute atomic E-state index is 10.5. The third-order valence-corrected chi connectivity index (χ3v) is 8.83. The van der Waals surface area contributed by atoms with E-state index in [1.807, 2.05) is 115 Å². The van der Waals surface area contributed by atoms with Crippen LogP contribution in [0.4, 0.5) is 0 Å². The highest BCUT2D eigenvalue weighted by Gasteiger charge is 2.24. The van der Waals surface area contributed by atoms with Crippen LogP contribution >= 0.6 is 0 Å². The molecule has 0 fully saturated rings. The molecule has 2 unspecified atom stereocenters. The molecule has 0 saturated heterocycles. The Bertz CT molecular complexity index is 1710. The molecule has 0 aliphatic rings. The Kier molecular flexibility index (Phi) is 11.5. The van der Waals surface area contributed by atoms with Crippen molar-refractivity contribution < 1.29 is 34.3 Å². The molecule has 7 nitrogen and oxygen atoms in total. The van der Waals surface area contributed by atoms with E-state index < -0.39 is 12.2 Å². The van der Waals surface area contributed by atoms with Gasteiger partial charge in [0.05, 0.1) is 0 Å². The molecule has 0 bridgehead atoms. The Hall–Kier alpha value is -4.98. The van der Waals surface area contributed by atoms with Crippen molar-refractivity contribution in [2.75, 3.05) is 26.4 Å². The van der Waals surface area contributed by atoms with E-state index in [1.54, 1.807) is 12.1 Å². The zero-order valence-electron chi connectivity index (χ0n) is 28.6. The Labute approximate surface area is 289 Å². The number of aliphatic hydroxyl groups is 2. The first-order chi connectivity index (χ1) is 23.5. The topological polar surface area (TPSA) is 97.6 Å². The van der Waals surface area contributed by atoms with Crippen LogP contribution in [0.15, 0.2) is 127 Å². The largest absolute Gasteiger partial charge is 0.508 e. The Morgan fingerprint density at radius 1 is 0.408 bits per heavy atom. The SMILES string of the molecule is CC(C)(c1ccc(O)cc1)c1ccc(OCC(O)COc2ccc(C(C)(C)c3ccc(OCC(O)COc4ccccc4)cc3)cc2)cc1. The first-order valence-corrected chi connectivity index (χ1v) is 16.5. The lowest BCUT2D eigenvalue weighted by Crippen LogP contribution is -2.25. The summed E-state index contributed by atoms with van der Waals surface area (Å²) >= 11 is 0. The third kappa shape index (κ3) is 9.56. The molecule has 5 rings (SSSR count). The second kappa shape index (κ2) is 15.9. The average Bonchev–Trinajstić information content (AvgIpc) is 3.12. The van der Waals surface area contributed by atoms with Crippen LogP contribution in [0, 0.1) is 0 Å². The molecule has 0 radical (unpaired) electrons. The highest BCUT2D eigenvalue weighted by molar-refractivity contribution is 5.43. The molecule has 0 heterocycles. The van der Waals surface area contributed by atoms with E-state index in [1.165, 1.54) is 0 Å². The summed E-state index contributed by atoms with van der Waals surface area (Å²) in [5, 5.41) is 30.4. The van der Waals surface area contributed by atoms with Crippen molar-refractivity contribution in [2.24, 2.45) is 0 Å². The first kappa shape index (κ1) is 35.3. The zero-order valence-corrected chi connectivity index (χ0v) is 28.6. The van der Waals surface area contributed by atoms with Gasteiger partial charge in [0.15, 0.2) is 0 Å². The van der Waals surface area contributed by atoms with Crippen molar-refractivity contribution in [3.8, 4) is 28.7 Å². The Balaban J connectivity index is 1.06. The van der Waals surface area contributed by atoms with E-state index in [-0.39, 0.29) is 43.0 Å². The van der Waals surface area contributed by atoms with Gasteiger partial charge in [0, 0.05) is 10.8 Å². The number of phenolic OH excluding ortho intramolecular Hbond substituents is 1. The van der Waals surface area contributed by atoms with Gasteiger partial charge in [-0.2, -0.15) is 0 Å². The summed E-state index contributed by atoms with van der Waals surface area (Å²) in [5.41, 5.74) is 3.93. The number of rotatable bonds is 16. The quantitative estimate of drug-likeness (QED) is 0.0997. The van der Waals surface area contributed by atoms with Crippen LogP contribution in [0.25, 0.3) is 0 Å². The van der Waals surface area contributed by atoms with Crippen molar-refractivity contribution in [3.63, 3.8) is 0 Å². The fraction of sp³-hybridized carbons (Fsp3) is 0.286. The van der Waals surface area contributed by atoms with Gasteiger partial charge in [-0.1, -0.05) is 94.4 Å². The van der Waals surface area contributed by atoms with Crippen LogP contribution in [0.5, 0.6) is 28.7 Å². The van der Waals surface area contributed by atoms with Crippen molar-refractivity contribution in [1.82, 2.24) is 0 Å². The molecule has 3 N–H and O–H groups in total. The molecule has 0 aliphatic carbocycles. The summed E-state index contributed by atoms with van der Waals surface area (Å²) < 4.78 is 23.1. The van der Waals surface area contributed by atoms with Crippen LogP contribution in [0.2, 0.25) is 0 Å². The predicted molar refractivity (Wildman–Crippen MR) is 192 cm³/mol. The molecule has 0 amide bonds. The minimum Gasteiger partial charge on any atom is -0.508 e. The van der Waals surface area contributed by atoms with Crippen LogP contribution < -0.4 is 18.9 Å². The maximum atomic E-state index is 10.5. The van der Waals surface area contributed by atoms with E-state index >= 15 is 0 Å². The van der Waals surface area contributed by atoms with Gasteiger partial charge in [0.25, 0.3) is 0 Å². The predicted octanol–water partition coefficient (Wildman–Crippen LogP) is 7.68. The molecular weight excluding hydrogens is 616 g/mol. The van der Waals surface area contributed by atoms with Crippen LogP contribution in [-0.2, 0) is 10.8 Å². The number of benzene rings is 5. The lowest BCUT2D eigenvalue weighted by Gasteiger charge is -2.26. The zero-order chi connectivity index (χ0) is 34.9. The van der Waals surface area contributed by atoms with E-state index in [0.29, 0.717) is 23.0 Å². The molecule has 256 valence electrons.